The van der Waals surface area contributed by atoms with E-state index in [2.05, 4.69) is 5.32 Å². The Morgan fingerprint density at radius 2 is 2.26 bits per heavy atom. The molecule has 1 atom stereocenters. The summed E-state index contributed by atoms with van der Waals surface area (Å²) in [6, 6.07) is 6.42. The normalized spacial score (nSPS) is 21.0. The van der Waals surface area contributed by atoms with Crippen LogP contribution in [0, 0.1) is 0 Å². The summed E-state index contributed by atoms with van der Waals surface area (Å²) in [7, 11) is -2.99. The smallest absolute Gasteiger partial charge is 0.258 e. The van der Waals surface area contributed by atoms with Gasteiger partial charge in [-0.25, -0.2) is 8.42 Å². The van der Waals surface area contributed by atoms with E-state index in [0.29, 0.717) is 17.2 Å². The lowest BCUT2D eigenvalue weighted by molar-refractivity contribution is -0.123. The minimum Gasteiger partial charge on any atom is -0.484 e. The van der Waals surface area contributed by atoms with Crippen LogP contribution in [0.25, 0.3) is 0 Å². The van der Waals surface area contributed by atoms with E-state index in [-0.39, 0.29) is 30.1 Å². The van der Waals surface area contributed by atoms with E-state index < -0.39 is 9.84 Å². The largest absolute Gasteiger partial charge is 0.484 e. The number of amides is 1. The Kier molecular flexibility index (Phi) is 4.31. The second-order valence-electron chi connectivity index (χ2n) is 4.41. The van der Waals surface area contributed by atoms with Crippen LogP contribution < -0.4 is 10.1 Å². The Hall–Kier alpha value is -1.27. The third-order valence-electron chi connectivity index (χ3n) is 2.76. The van der Waals surface area contributed by atoms with E-state index in [1.165, 1.54) is 0 Å². The van der Waals surface area contributed by atoms with Crippen LogP contribution in [-0.4, -0.2) is 38.5 Å². The number of nitrogens with one attached hydrogen (secondary N) is 1. The first kappa shape index (κ1) is 14.1. The molecule has 1 aliphatic rings. The van der Waals surface area contributed by atoms with Crippen molar-refractivity contribution in [2.75, 3.05) is 18.1 Å². The van der Waals surface area contributed by atoms with E-state index in [4.69, 9.17) is 16.3 Å². The molecule has 1 aliphatic heterocycles. The Morgan fingerprint density at radius 3 is 2.89 bits per heavy atom. The van der Waals surface area contributed by atoms with Gasteiger partial charge in [-0.1, -0.05) is 17.7 Å². The lowest BCUT2D eigenvalue weighted by atomic mass is 10.2. The standard InChI is InChI=1S/C12H14ClNO4S/c13-9-2-1-3-11(6-9)18-7-12(15)14-10-4-5-19(16,17)8-10/h1-3,6,10H,4-5,7-8H2,(H,14,15)/t10-/m0/s1. The first-order valence-electron chi connectivity index (χ1n) is 5.83. The molecule has 7 heteroatoms. The molecule has 1 amide bonds. The van der Waals surface area contributed by atoms with Gasteiger partial charge < -0.3 is 10.1 Å². The minimum absolute atomic E-state index is 0.00983. The first-order valence-corrected chi connectivity index (χ1v) is 8.03. The summed E-state index contributed by atoms with van der Waals surface area (Å²) in [5.41, 5.74) is 0. The summed E-state index contributed by atoms with van der Waals surface area (Å²) in [6.45, 7) is -0.156. The minimum atomic E-state index is -2.99. The molecule has 1 N–H and O–H groups in total. The summed E-state index contributed by atoms with van der Waals surface area (Å²) >= 11 is 5.78. The Balaban J connectivity index is 1.79. The molecule has 2 rings (SSSR count). The van der Waals surface area contributed by atoms with Crippen LogP contribution in [-0.2, 0) is 14.6 Å². The molecule has 1 saturated heterocycles. The molecule has 0 unspecified atom stereocenters. The lowest BCUT2D eigenvalue weighted by Gasteiger charge is -2.11. The molecule has 0 aliphatic carbocycles. The van der Waals surface area contributed by atoms with E-state index in [1.54, 1.807) is 24.3 Å². The van der Waals surface area contributed by atoms with E-state index in [9.17, 15) is 13.2 Å². The van der Waals surface area contributed by atoms with E-state index in [0.717, 1.165) is 0 Å². The second kappa shape index (κ2) is 5.79. The van der Waals surface area contributed by atoms with Gasteiger partial charge in [0.25, 0.3) is 5.91 Å². The average Bonchev–Trinajstić information content (AvgIpc) is 2.66. The quantitative estimate of drug-likeness (QED) is 0.901. The number of carbonyl (C=O) groups excluding carboxylic acids is 1. The SMILES string of the molecule is O=C(COc1cccc(Cl)c1)N[C@H]1CCS(=O)(=O)C1. The number of rotatable bonds is 4. The third kappa shape index (κ3) is 4.40. The Labute approximate surface area is 116 Å². The van der Waals surface area contributed by atoms with Crippen molar-refractivity contribution < 1.29 is 17.9 Å². The number of halogens is 1. The van der Waals surface area contributed by atoms with Crippen molar-refractivity contribution in [1.82, 2.24) is 5.32 Å². The van der Waals surface area contributed by atoms with Gasteiger partial charge in [-0.2, -0.15) is 0 Å². The zero-order valence-corrected chi connectivity index (χ0v) is 11.7. The number of hydrogen-bond acceptors (Lipinski definition) is 4. The van der Waals surface area contributed by atoms with E-state index >= 15 is 0 Å². The highest BCUT2D eigenvalue weighted by molar-refractivity contribution is 7.91. The molecule has 0 spiro atoms. The number of hydrogen-bond donors (Lipinski definition) is 1. The van der Waals surface area contributed by atoms with Crippen molar-refractivity contribution in [2.24, 2.45) is 0 Å². The van der Waals surface area contributed by atoms with Gasteiger partial charge in [0.1, 0.15) is 5.75 Å². The number of ether oxygens (including phenoxy) is 1. The predicted molar refractivity (Wildman–Crippen MR) is 72.1 cm³/mol. The fraction of sp³-hybridized carbons (Fsp3) is 0.417. The molecule has 0 aromatic heterocycles. The van der Waals surface area contributed by atoms with Crippen molar-refractivity contribution in [2.45, 2.75) is 12.5 Å². The highest BCUT2D eigenvalue weighted by atomic mass is 35.5. The molecule has 19 heavy (non-hydrogen) atoms. The van der Waals surface area contributed by atoms with Crippen LogP contribution in [0.2, 0.25) is 5.02 Å². The summed E-state index contributed by atoms with van der Waals surface area (Å²) in [6.07, 6.45) is 0.464. The van der Waals surface area contributed by atoms with Gasteiger partial charge in [-0.05, 0) is 24.6 Å². The maximum Gasteiger partial charge on any atom is 0.258 e. The van der Waals surface area contributed by atoms with Crippen LogP contribution in [0.1, 0.15) is 6.42 Å². The zero-order chi connectivity index (χ0) is 13.9. The molecule has 0 bridgehead atoms. The van der Waals surface area contributed by atoms with Crippen molar-refractivity contribution in [1.29, 1.82) is 0 Å². The van der Waals surface area contributed by atoms with Crippen molar-refractivity contribution in [3.05, 3.63) is 29.3 Å². The molecule has 1 aromatic carbocycles. The van der Waals surface area contributed by atoms with Gasteiger partial charge >= 0.3 is 0 Å². The van der Waals surface area contributed by atoms with Crippen molar-refractivity contribution >= 4 is 27.3 Å². The molecule has 0 saturated carbocycles. The fourth-order valence-electron chi connectivity index (χ4n) is 1.88. The second-order valence-corrected chi connectivity index (χ2v) is 7.08. The van der Waals surface area contributed by atoms with Crippen LogP contribution in [0.5, 0.6) is 5.75 Å². The van der Waals surface area contributed by atoms with E-state index in [1.807, 2.05) is 0 Å². The molecule has 5 nitrogen and oxygen atoms in total. The van der Waals surface area contributed by atoms with Gasteiger partial charge in [0.2, 0.25) is 0 Å². The summed E-state index contributed by atoms with van der Waals surface area (Å²) in [4.78, 5) is 11.6. The summed E-state index contributed by atoms with van der Waals surface area (Å²) < 4.78 is 27.7. The third-order valence-corrected chi connectivity index (χ3v) is 4.77. The molecule has 1 heterocycles. The number of sulfone groups is 1. The fourth-order valence-corrected chi connectivity index (χ4v) is 3.74. The maximum atomic E-state index is 11.6. The molecule has 104 valence electrons. The predicted octanol–water partition coefficient (Wildman–Crippen LogP) is 1.02. The van der Waals surface area contributed by atoms with Gasteiger partial charge in [-0.15, -0.1) is 0 Å². The first-order chi connectivity index (χ1) is 8.94. The average molecular weight is 304 g/mol. The number of carbonyl (C=O) groups is 1. The molecule has 1 fully saturated rings. The van der Waals surface area contributed by atoms with Crippen molar-refractivity contribution in [3.8, 4) is 5.75 Å². The van der Waals surface area contributed by atoms with Crippen LogP contribution in [0.4, 0.5) is 0 Å². The summed E-state index contributed by atoms with van der Waals surface area (Å²) in [5, 5.41) is 3.17. The van der Waals surface area contributed by atoms with Gasteiger partial charge in [0.15, 0.2) is 16.4 Å². The monoisotopic (exact) mass is 303 g/mol. The highest BCUT2D eigenvalue weighted by Crippen LogP contribution is 2.17. The topological polar surface area (TPSA) is 72.5 Å². The van der Waals surface area contributed by atoms with Gasteiger partial charge in [-0.3, -0.25) is 4.79 Å². The Morgan fingerprint density at radius 1 is 1.47 bits per heavy atom. The van der Waals surface area contributed by atoms with Crippen LogP contribution in [0.3, 0.4) is 0 Å². The van der Waals surface area contributed by atoms with Crippen LogP contribution >= 0.6 is 11.6 Å². The highest BCUT2D eigenvalue weighted by Gasteiger charge is 2.28. The Bertz CT molecular complexity index is 573. The molecule has 1 aromatic rings. The zero-order valence-electron chi connectivity index (χ0n) is 10.1. The van der Waals surface area contributed by atoms with Gasteiger partial charge in [0.05, 0.1) is 11.5 Å². The maximum absolute atomic E-state index is 11.6. The molecular weight excluding hydrogens is 290 g/mol. The van der Waals surface area contributed by atoms with Crippen molar-refractivity contribution in [3.63, 3.8) is 0 Å². The molecule has 0 radical (unpaired) electrons. The lowest BCUT2D eigenvalue weighted by Crippen LogP contribution is -2.38. The van der Waals surface area contributed by atoms with Gasteiger partial charge in [0, 0.05) is 11.1 Å². The summed E-state index contributed by atoms with van der Waals surface area (Å²) in [5.74, 6) is 0.312. The number of benzene rings is 1. The van der Waals surface area contributed by atoms with Crippen LogP contribution in [0.15, 0.2) is 24.3 Å². The molecular formula is C12H14ClNO4S.